The van der Waals surface area contributed by atoms with Gasteiger partial charge in [0.1, 0.15) is 0 Å². The van der Waals surface area contributed by atoms with Crippen LogP contribution in [-0.2, 0) is 11.0 Å². The lowest BCUT2D eigenvalue weighted by Crippen LogP contribution is -2.13. The normalized spacial score (nSPS) is 11.4. The van der Waals surface area contributed by atoms with E-state index in [1.165, 1.54) is 23.1 Å². The molecule has 2 amide bonds. The summed E-state index contributed by atoms with van der Waals surface area (Å²) in [5.41, 5.74) is 0.448. The van der Waals surface area contributed by atoms with Crippen LogP contribution in [0.1, 0.15) is 15.9 Å². The average molecular weight is 522 g/mol. The van der Waals surface area contributed by atoms with E-state index in [2.05, 4.69) is 15.6 Å². The number of benzene rings is 3. The second kappa shape index (κ2) is 10.0. The van der Waals surface area contributed by atoms with Crippen LogP contribution in [0, 0.1) is 0 Å². The molecule has 0 bridgehead atoms. The molecular formula is C23H15ClF3N3O2S2. The summed E-state index contributed by atoms with van der Waals surface area (Å²) in [6, 6.07) is 16.3. The van der Waals surface area contributed by atoms with Crippen LogP contribution < -0.4 is 10.6 Å². The molecule has 4 aromatic rings. The zero-order valence-electron chi connectivity index (χ0n) is 17.2. The van der Waals surface area contributed by atoms with E-state index in [1.54, 1.807) is 30.3 Å². The molecule has 5 nitrogen and oxygen atoms in total. The van der Waals surface area contributed by atoms with Crippen molar-refractivity contribution in [1.82, 2.24) is 4.98 Å². The van der Waals surface area contributed by atoms with Gasteiger partial charge in [-0.05, 0) is 66.7 Å². The lowest BCUT2D eigenvalue weighted by atomic mass is 10.1. The van der Waals surface area contributed by atoms with E-state index in [0.717, 1.165) is 33.9 Å². The monoisotopic (exact) mass is 521 g/mol. The first kappa shape index (κ1) is 24.1. The third kappa shape index (κ3) is 6.07. The molecule has 0 saturated carbocycles. The molecule has 0 fully saturated rings. The number of nitrogens with one attached hydrogen (secondary N) is 2. The van der Waals surface area contributed by atoms with E-state index >= 15 is 0 Å². The van der Waals surface area contributed by atoms with Gasteiger partial charge in [-0.25, -0.2) is 4.98 Å². The predicted octanol–water partition coefficient (Wildman–Crippen LogP) is 6.95. The molecular weight excluding hydrogens is 507 g/mol. The number of thiazole rings is 1. The van der Waals surface area contributed by atoms with Crippen molar-refractivity contribution in [3.05, 3.63) is 82.9 Å². The van der Waals surface area contributed by atoms with Crippen LogP contribution in [0.4, 0.5) is 24.0 Å². The van der Waals surface area contributed by atoms with Crippen LogP contribution in [0.3, 0.4) is 0 Å². The quantitative estimate of drug-likeness (QED) is 0.269. The maximum Gasteiger partial charge on any atom is 0.416 e. The Kier molecular flexibility index (Phi) is 7.11. The van der Waals surface area contributed by atoms with Gasteiger partial charge in [0.15, 0.2) is 5.13 Å². The van der Waals surface area contributed by atoms with Crippen molar-refractivity contribution in [1.29, 1.82) is 0 Å². The number of fused-ring (bicyclic) bond motifs is 1. The molecule has 1 aromatic heterocycles. The summed E-state index contributed by atoms with van der Waals surface area (Å²) in [4.78, 5) is 29.9. The highest BCUT2D eigenvalue weighted by atomic mass is 35.5. The highest BCUT2D eigenvalue weighted by Gasteiger charge is 2.30. The Hall–Kier alpha value is -3.08. The van der Waals surface area contributed by atoms with Crippen LogP contribution >= 0.6 is 34.7 Å². The number of carbonyl (C=O) groups is 2. The van der Waals surface area contributed by atoms with E-state index in [9.17, 15) is 22.8 Å². The Labute approximate surface area is 205 Å². The second-order valence-corrected chi connectivity index (χ2v) is 9.54. The SMILES string of the molecule is O=C(CSc1ccc(Cl)cc1)Nc1ccc2nc(NC(=O)c3ccc(C(F)(F)F)cc3)sc2c1. The van der Waals surface area contributed by atoms with Crippen molar-refractivity contribution in [3.8, 4) is 0 Å². The van der Waals surface area contributed by atoms with E-state index in [1.807, 2.05) is 12.1 Å². The Morgan fingerprint density at radius 2 is 1.68 bits per heavy atom. The molecule has 174 valence electrons. The topological polar surface area (TPSA) is 71.1 Å². The summed E-state index contributed by atoms with van der Waals surface area (Å²) in [5, 5.41) is 6.34. The molecule has 1 heterocycles. The number of thioether (sulfide) groups is 1. The number of nitrogens with zero attached hydrogens (tertiary/aromatic N) is 1. The molecule has 34 heavy (non-hydrogen) atoms. The van der Waals surface area contributed by atoms with Gasteiger partial charge in [0.25, 0.3) is 5.91 Å². The lowest BCUT2D eigenvalue weighted by Gasteiger charge is -2.07. The maximum absolute atomic E-state index is 12.7. The van der Waals surface area contributed by atoms with Gasteiger partial charge in [-0.2, -0.15) is 13.2 Å². The molecule has 0 aliphatic rings. The smallest absolute Gasteiger partial charge is 0.325 e. The number of halogens is 4. The van der Waals surface area contributed by atoms with E-state index < -0.39 is 17.6 Å². The van der Waals surface area contributed by atoms with Gasteiger partial charge in [-0.15, -0.1) is 11.8 Å². The fourth-order valence-electron chi connectivity index (χ4n) is 2.91. The minimum atomic E-state index is -4.47. The molecule has 4 rings (SSSR count). The summed E-state index contributed by atoms with van der Waals surface area (Å²) < 4.78 is 38.8. The predicted molar refractivity (Wildman–Crippen MR) is 130 cm³/mol. The fraction of sp³-hybridized carbons (Fsp3) is 0.0870. The van der Waals surface area contributed by atoms with Crippen LogP contribution in [0.15, 0.2) is 71.6 Å². The molecule has 2 N–H and O–H groups in total. The molecule has 0 spiro atoms. The van der Waals surface area contributed by atoms with E-state index in [0.29, 0.717) is 21.4 Å². The van der Waals surface area contributed by atoms with Crippen LogP contribution in [0.2, 0.25) is 5.02 Å². The highest BCUT2D eigenvalue weighted by Crippen LogP contribution is 2.31. The maximum atomic E-state index is 12.7. The highest BCUT2D eigenvalue weighted by molar-refractivity contribution is 8.00. The molecule has 0 aliphatic heterocycles. The van der Waals surface area contributed by atoms with Crippen LogP contribution in [-0.4, -0.2) is 22.6 Å². The first-order valence-corrected chi connectivity index (χ1v) is 11.9. The van der Waals surface area contributed by atoms with Crippen molar-refractivity contribution < 1.29 is 22.8 Å². The first-order valence-electron chi connectivity index (χ1n) is 9.75. The minimum absolute atomic E-state index is 0.0818. The average Bonchev–Trinajstić information content (AvgIpc) is 3.19. The Morgan fingerprint density at radius 3 is 2.35 bits per heavy atom. The molecule has 0 atom stereocenters. The van der Waals surface area contributed by atoms with Gasteiger partial charge in [0, 0.05) is 21.2 Å². The zero-order valence-corrected chi connectivity index (χ0v) is 19.5. The van der Waals surface area contributed by atoms with Gasteiger partial charge >= 0.3 is 6.18 Å². The second-order valence-electron chi connectivity index (χ2n) is 7.02. The van der Waals surface area contributed by atoms with Crippen LogP contribution in [0.25, 0.3) is 10.2 Å². The standard InChI is InChI=1S/C23H15ClF3N3O2S2/c24-15-5-8-17(9-6-15)33-12-20(31)28-16-7-10-18-19(11-16)34-22(29-18)30-21(32)13-1-3-14(4-2-13)23(25,26)27/h1-11H,12H2,(H,28,31)(H,29,30,32). The number of hydrogen-bond donors (Lipinski definition) is 2. The third-order valence-electron chi connectivity index (χ3n) is 4.55. The van der Waals surface area contributed by atoms with Crippen molar-refractivity contribution in [2.45, 2.75) is 11.1 Å². The summed E-state index contributed by atoms with van der Waals surface area (Å²) in [7, 11) is 0. The summed E-state index contributed by atoms with van der Waals surface area (Å²) in [5.74, 6) is -0.531. The third-order valence-corrected chi connectivity index (χ3v) is 6.75. The van der Waals surface area contributed by atoms with Crippen molar-refractivity contribution >= 4 is 67.5 Å². The Bertz CT molecular complexity index is 1340. The number of hydrogen-bond acceptors (Lipinski definition) is 5. The molecule has 0 unspecified atom stereocenters. The lowest BCUT2D eigenvalue weighted by molar-refractivity contribution is -0.137. The van der Waals surface area contributed by atoms with Crippen molar-refractivity contribution in [3.63, 3.8) is 0 Å². The van der Waals surface area contributed by atoms with Gasteiger partial charge < -0.3 is 5.32 Å². The van der Waals surface area contributed by atoms with Gasteiger partial charge in [-0.1, -0.05) is 22.9 Å². The van der Waals surface area contributed by atoms with Crippen molar-refractivity contribution in [2.75, 3.05) is 16.4 Å². The largest absolute Gasteiger partial charge is 0.416 e. The number of anilines is 2. The van der Waals surface area contributed by atoms with E-state index in [4.69, 9.17) is 11.6 Å². The van der Waals surface area contributed by atoms with Crippen LogP contribution in [0.5, 0.6) is 0 Å². The summed E-state index contributed by atoms with van der Waals surface area (Å²) in [6.07, 6.45) is -4.47. The van der Waals surface area contributed by atoms with Gasteiger partial charge in [-0.3, -0.25) is 14.9 Å². The number of alkyl halides is 3. The number of amides is 2. The molecule has 0 aliphatic carbocycles. The Morgan fingerprint density at radius 1 is 0.971 bits per heavy atom. The van der Waals surface area contributed by atoms with Gasteiger partial charge in [0.2, 0.25) is 5.91 Å². The van der Waals surface area contributed by atoms with Gasteiger partial charge in [0.05, 0.1) is 21.5 Å². The Balaban J connectivity index is 1.38. The minimum Gasteiger partial charge on any atom is -0.325 e. The van der Waals surface area contributed by atoms with Crippen molar-refractivity contribution in [2.24, 2.45) is 0 Å². The first-order chi connectivity index (χ1) is 16.2. The van der Waals surface area contributed by atoms with E-state index in [-0.39, 0.29) is 17.2 Å². The number of carbonyl (C=O) groups excluding carboxylic acids is 2. The zero-order chi connectivity index (χ0) is 24.3. The molecule has 11 heteroatoms. The summed E-state index contributed by atoms with van der Waals surface area (Å²) >= 11 is 8.43. The molecule has 0 radical (unpaired) electrons. The number of rotatable bonds is 6. The fourth-order valence-corrected chi connectivity index (χ4v) is 4.64. The molecule has 3 aromatic carbocycles. The molecule has 0 saturated heterocycles. The number of aromatic nitrogens is 1. The summed E-state index contributed by atoms with van der Waals surface area (Å²) in [6.45, 7) is 0.